The van der Waals surface area contributed by atoms with Crippen LogP contribution in [-0.4, -0.2) is 37.5 Å². The minimum absolute atomic E-state index is 0.0108. The van der Waals surface area contributed by atoms with E-state index in [4.69, 9.17) is 0 Å². The van der Waals surface area contributed by atoms with Crippen LogP contribution >= 0.6 is 11.3 Å². The summed E-state index contributed by atoms with van der Waals surface area (Å²) in [5.41, 5.74) is 1.70. The number of piperidine rings is 1. The van der Waals surface area contributed by atoms with Crippen molar-refractivity contribution in [3.63, 3.8) is 0 Å². The van der Waals surface area contributed by atoms with Gasteiger partial charge in [0, 0.05) is 42.2 Å². The molecule has 2 aromatic rings. The first-order valence-corrected chi connectivity index (χ1v) is 10.9. The van der Waals surface area contributed by atoms with Crippen molar-refractivity contribution >= 4 is 28.8 Å². The molecule has 1 saturated heterocycles. The van der Waals surface area contributed by atoms with Gasteiger partial charge in [0.15, 0.2) is 0 Å². The first kappa shape index (κ1) is 20.4. The molecule has 2 amide bonds. The van der Waals surface area contributed by atoms with Crippen LogP contribution in [0.5, 0.6) is 0 Å². The number of nitrogens with one attached hydrogen (secondary N) is 2. The molecule has 1 aromatic heterocycles. The Kier molecular flexibility index (Phi) is 7.09. The molecular formula is C22H29N3O2S. The van der Waals surface area contributed by atoms with Gasteiger partial charge in [0.2, 0.25) is 5.91 Å². The third-order valence-electron chi connectivity index (χ3n) is 5.09. The maximum absolute atomic E-state index is 12.7. The van der Waals surface area contributed by atoms with Crippen LogP contribution in [-0.2, 0) is 11.2 Å². The summed E-state index contributed by atoms with van der Waals surface area (Å²) in [6.45, 7) is 6.14. The van der Waals surface area contributed by atoms with Crippen LogP contribution in [0.1, 0.15) is 41.9 Å². The number of para-hydroxylation sites is 1. The summed E-state index contributed by atoms with van der Waals surface area (Å²) >= 11 is 1.71. The van der Waals surface area contributed by atoms with Crippen molar-refractivity contribution in [1.82, 2.24) is 10.6 Å². The molecule has 150 valence electrons. The lowest BCUT2D eigenvalue weighted by molar-refractivity contribution is -0.124. The maximum atomic E-state index is 12.7. The fourth-order valence-corrected chi connectivity index (χ4v) is 4.13. The van der Waals surface area contributed by atoms with E-state index >= 15 is 0 Å². The maximum Gasteiger partial charge on any atom is 0.253 e. The topological polar surface area (TPSA) is 61.4 Å². The third kappa shape index (κ3) is 5.35. The second-order valence-corrected chi connectivity index (χ2v) is 8.56. The Labute approximate surface area is 171 Å². The number of hydrogen-bond acceptors (Lipinski definition) is 4. The Hall–Kier alpha value is -2.34. The first-order valence-electron chi connectivity index (χ1n) is 9.99. The van der Waals surface area contributed by atoms with Crippen molar-refractivity contribution in [2.45, 2.75) is 39.2 Å². The normalized spacial score (nSPS) is 14.9. The van der Waals surface area contributed by atoms with E-state index in [9.17, 15) is 9.59 Å². The van der Waals surface area contributed by atoms with Gasteiger partial charge in [-0.25, -0.2) is 0 Å². The fourth-order valence-electron chi connectivity index (χ4n) is 3.42. The van der Waals surface area contributed by atoms with Gasteiger partial charge in [-0.1, -0.05) is 32.0 Å². The molecule has 0 aliphatic carbocycles. The molecule has 0 bridgehead atoms. The summed E-state index contributed by atoms with van der Waals surface area (Å²) in [5.74, 6) is 0.1000. The number of carbonyl (C=O) groups is 2. The third-order valence-corrected chi connectivity index (χ3v) is 6.03. The summed E-state index contributed by atoms with van der Waals surface area (Å²) in [7, 11) is 0. The smallest absolute Gasteiger partial charge is 0.253 e. The standard InChI is InChI=1S/C22H29N3O2S/c1-16(2)21(26)24-17-10-13-25(14-11-17)20-8-4-3-7-19(20)22(27)23-12-9-18-6-5-15-28-18/h3-8,15-17H,9-14H2,1-2H3,(H,23,27)(H,24,26). The molecule has 0 spiro atoms. The summed E-state index contributed by atoms with van der Waals surface area (Å²) in [4.78, 5) is 28.2. The van der Waals surface area contributed by atoms with E-state index in [1.54, 1.807) is 11.3 Å². The number of benzene rings is 1. The molecular weight excluding hydrogens is 370 g/mol. The zero-order chi connectivity index (χ0) is 19.9. The van der Waals surface area contributed by atoms with Crippen LogP contribution in [0, 0.1) is 5.92 Å². The summed E-state index contributed by atoms with van der Waals surface area (Å²) in [5, 5.41) is 8.23. The molecule has 1 fully saturated rings. The highest BCUT2D eigenvalue weighted by Gasteiger charge is 2.24. The van der Waals surface area contributed by atoms with Crippen molar-refractivity contribution in [2.75, 3.05) is 24.5 Å². The van der Waals surface area contributed by atoms with Gasteiger partial charge >= 0.3 is 0 Å². The molecule has 1 aliphatic rings. The number of nitrogens with zero attached hydrogens (tertiary/aromatic N) is 1. The lowest BCUT2D eigenvalue weighted by Crippen LogP contribution is -2.46. The minimum atomic E-state index is -0.0256. The lowest BCUT2D eigenvalue weighted by Gasteiger charge is -2.35. The van der Waals surface area contributed by atoms with Crippen LogP contribution in [0.4, 0.5) is 5.69 Å². The van der Waals surface area contributed by atoms with Gasteiger partial charge in [0.1, 0.15) is 0 Å². The molecule has 5 nitrogen and oxygen atoms in total. The van der Waals surface area contributed by atoms with Crippen molar-refractivity contribution in [3.05, 3.63) is 52.2 Å². The molecule has 2 heterocycles. The Bertz CT molecular complexity index is 781. The average Bonchev–Trinajstić information content (AvgIpc) is 3.22. The Balaban J connectivity index is 1.56. The van der Waals surface area contributed by atoms with E-state index in [0.717, 1.165) is 43.6 Å². The van der Waals surface area contributed by atoms with Gasteiger partial charge in [0.25, 0.3) is 5.91 Å². The van der Waals surface area contributed by atoms with E-state index in [1.807, 2.05) is 44.2 Å². The Morgan fingerprint density at radius 1 is 1.14 bits per heavy atom. The van der Waals surface area contributed by atoms with Gasteiger partial charge in [-0.2, -0.15) is 0 Å². The molecule has 0 saturated carbocycles. The predicted octanol–water partition coefficient (Wildman–Crippen LogP) is 3.46. The molecule has 1 aliphatic heterocycles. The molecule has 6 heteroatoms. The van der Waals surface area contributed by atoms with Gasteiger partial charge < -0.3 is 15.5 Å². The number of anilines is 1. The molecule has 0 radical (unpaired) electrons. The Morgan fingerprint density at radius 3 is 2.57 bits per heavy atom. The second-order valence-electron chi connectivity index (χ2n) is 7.53. The summed E-state index contributed by atoms with van der Waals surface area (Å²) in [6.07, 6.45) is 2.64. The zero-order valence-electron chi connectivity index (χ0n) is 16.6. The molecule has 1 aromatic carbocycles. The highest BCUT2D eigenvalue weighted by molar-refractivity contribution is 7.09. The first-order chi connectivity index (χ1) is 13.5. The van der Waals surface area contributed by atoms with Crippen molar-refractivity contribution in [2.24, 2.45) is 5.92 Å². The molecule has 0 atom stereocenters. The van der Waals surface area contributed by atoms with Crippen molar-refractivity contribution < 1.29 is 9.59 Å². The number of hydrogen-bond donors (Lipinski definition) is 2. The average molecular weight is 400 g/mol. The number of carbonyl (C=O) groups excluding carboxylic acids is 2. The number of thiophene rings is 1. The van der Waals surface area contributed by atoms with Gasteiger partial charge in [-0.3, -0.25) is 9.59 Å². The lowest BCUT2D eigenvalue weighted by atomic mass is 10.0. The van der Waals surface area contributed by atoms with Crippen LogP contribution in [0.2, 0.25) is 0 Å². The number of amides is 2. The fraction of sp³-hybridized carbons (Fsp3) is 0.455. The van der Waals surface area contributed by atoms with E-state index < -0.39 is 0 Å². The highest BCUT2D eigenvalue weighted by atomic mass is 32.1. The molecule has 28 heavy (non-hydrogen) atoms. The van der Waals surface area contributed by atoms with Gasteiger partial charge in [-0.05, 0) is 42.8 Å². The van der Waals surface area contributed by atoms with E-state index in [1.165, 1.54) is 4.88 Å². The number of rotatable bonds is 7. The van der Waals surface area contributed by atoms with Crippen LogP contribution in [0.3, 0.4) is 0 Å². The summed E-state index contributed by atoms with van der Waals surface area (Å²) in [6, 6.07) is 12.1. The van der Waals surface area contributed by atoms with Gasteiger partial charge in [-0.15, -0.1) is 11.3 Å². The van der Waals surface area contributed by atoms with E-state index in [-0.39, 0.29) is 23.8 Å². The SMILES string of the molecule is CC(C)C(=O)NC1CCN(c2ccccc2C(=O)NCCc2cccs2)CC1. The minimum Gasteiger partial charge on any atom is -0.371 e. The van der Waals surface area contributed by atoms with E-state index in [2.05, 4.69) is 27.0 Å². The van der Waals surface area contributed by atoms with Gasteiger partial charge in [0.05, 0.1) is 5.56 Å². The molecule has 0 unspecified atom stereocenters. The highest BCUT2D eigenvalue weighted by Crippen LogP contribution is 2.24. The predicted molar refractivity (Wildman–Crippen MR) is 115 cm³/mol. The Morgan fingerprint density at radius 2 is 1.89 bits per heavy atom. The van der Waals surface area contributed by atoms with Crippen molar-refractivity contribution in [3.8, 4) is 0 Å². The van der Waals surface area contributed by atoms with Crippen molar-refractivity contribution in [1.29, 1.82) is 0 Å². The van der Waals surface area contributed by atoms with Crippen LogP contribution in [0.25, 0.3) is 0 Å². The van der Waals surface area contributed by atoms with Crippen LogP contribution in [0.15, 0.2) is 41.8 Å². The van der Waals surface area contributed by atoms with Crippen LogP contribution < -0.4 is 15.5 Å². The summed E-state index contributed by atoms with van der Waals surface area (Å²) < 4.78 is 0. The quantitative estimate of drug-likeness (QED) is 0.750. The molecule has 2 N–H and O–H groups in total. The monoisotopic (exact) mass is 399 g/mol. The second kappa shape index (κ2) is 9.73. The molecule has 3 rings (SSSR count). The van der Waals surface area contributed by atoms with E-state index in [0.29, 0.717) is 6.54 Å². The largest absolute Gasteiger partial charge is 0.371 e. The zero-order valence-corrected chi connectivity index (χ0v) is 17.4.